The number of carbonyl (C=O) groups is 1. The van der Waals surface area contributed by atoms with Gasteiger partial charge in [0, 0.05) is 12.3 Å². The number of nitrogens with two attached hydrogens (primary N) is 1. The summed E-state index contributed by atoms with van der Waals surface area (Å²) in [6, 6.07) is 6.08. The van der Waals surface area contributed by atoms with Gasteiger partial charge in [-0.1, -0.05) is 34.4 Å². The molecule has 0 bridgehead atoms. The van der Waals surface area contributed by atoms with E-state index >= 15 is 0 Å². The van der Waals surface area contributed by atoms with Gasteiger partial charge in [0.05, 0.1) is 26.9 Å². The number of benzene rings is 2. The zero-order valence-corrected chi connectivity index (χ0v) is 19.2. The number of amides is 1. The van der Waals surface area contributed by atoms with Crippen molar-refractivity contribution in [1.29, 1.82) is 0 Å². The van der Waals surface area contributed by atoms with Crippen LogP contribution >= 0.6 is 23.2 Å². The Kier molecular flexibility index (Phi) is 9.24. The number of nitrogens with zero attached hydrogens (tertiary/aromatic N) is 1. The highest BCUT2D eigenvalue weighted by molar-refractivity contribution is 6.42. The standard InChI is InChI=1S/C22H20Cl2F6N2O2/c1-34-32-19(16(11-20(31)33)13-5-6-17(23)18(24)9-13)4-2-3-12-7-14(21(25,26)27)10-15(8-12)22(28,29)30/h5-10,16H,2-4,11H2,1H3,(H2,31,33)/b32-19-. The number of aryl methyl sites for hydroxylation is 1. The Morgan fingerprint density at radius 2 is 1.59 bits per heavy atom. The maximum atomic E-state index is 13.1. The molecule has 34 heavy (non-hydrogen) atoms. The summed E-state index contributed by atoms with van der Waals surface area (Å²) in [5.74, 6) is -1.34. The van der Waals surface area contributed by atoms with E-state index < -0.39 is 35.3 Å². The Morgan fingerprint density at radius 1 is 1.00 bits per heavy atom. The van der Waals surface area contributed by atoms with E-state index in [2.05, 4.69) is 5.16 Å². The Morgan fingerprint density at radius 3 is 2.06 bits per heavy atom. The van der Waals surface area contributed by atoms with E-state index in [9.17, 15) is 31.1 Å². The largest absolute Gasteiger partial charge is 0.416 e. The summed E-state index contributed by atoms with van der Waals surface area (Å²) in [7, 11) is 1.26. The van der Waals surface area contributed by atoms with Crippen LogP contribution in [-0.2, 0) is 28.4 Å². The first kappa shape index (κ1) is 27.8. The fourth-order valence-corrected chi connectivity index (χ4v) is 3.70. The molecule has 186 valence electrons. The Labute approximate surface area is 201 Å². The van der Waals surface area contributed by atoms with Gasteiger partial charge < -0.3 is 10.6 Å². The molecule has 0 radical (unpaired) electrons. The van der Waals surface area contributed by atoms with Crippen LogP contribution in [0, 0.1) is 0 Å². The number of alkyl halides is 6. The molecule has 2 rings (SSSR count). The first-order valence-corrected chi connectivity index (χ1v) is 10.6. The SMILES string of the molecule is CO/N=C(/CCCc1cc(C(F)(F)F)cc(C(F)(F)F)c1)C(CC(N)=O)c1ccc(Cl)c(Cl)c1. The van der Waals surface area contributed by atoms with E-state index in [1.807, 2.05) is 0 Å². The van der Waals surface area contributed by atoms with Crippen molar-refractivity contribution in [3.8, 4) is 0 Å². The number of primary amides is 1. The van der Waals surface area contributed by atoms with Gasteiger partial charge in [-0.2, -0.15) is 26.3 Å². The number of hydrogen-bond acceptors (Lipinski definition) is 3. The first-order chi connectivity index (χ1) is 15.7. The quantitative estimate of drug-likeness (QED) is 0.216. The molecule has 0 aliphatic rings. The summed E-state index contributed by atoms with van der Waals surface area (Å²) in [5, 5.41) is 4.42. The van der Waals surface area contributed by atoms with E-state index in [-0.39, 0.29) is 47.4 Å². The molecular weight excluding hydrogens is 509 g/mol. The highest BCUT2D eigenvalue weighted by Crippen LogP contribution is 2.37. The van der Waals surface area contributed by atoms with Crippen molar-refractivity contribution in [2.75, 3.05) is 7.11 Å². The monoisotopic (exact) mass is 528 g/mol. The fraction of sp³-hybridized carbons (Fsp3) is 0.364. The molecule has 4 nitrogen and oxygen atoms in total. The molecule has 0 saturated carbocycles. The van der Waals surface area contributed by atoms with Gasteiger partial charge in [0.1, 0.15) is 7.11 Å². The van der Waals surface area contributed by atoms with E-state index in [4.69, 9.17) is 33.8 Å². The minimum Gasteiger partial charge on any atom is -0.399 e. The van der Waals surface area contributed by atoms with Crippen LogP contribution in [0.3, 0.4) is 0 Å². The Bertz CT molecular complexity index is 1020. The van der Waals surface area contributed by atoms with Gasteiger partial charge in [-0.3, -0.25) is 4.79 Å². The molecular formula is C22H20Cl2F6N2O2. The summed E-state index contributed by atoms with van der Waals surface area (Å²) in [5.41, 5.74) is 3.32. The Hall–Kier alpha value is -2.46. The highest BCUT2D eigenvalue weighted by atomic mass is 35.5. The highest BCUT2D eigenvalue weighted by Gasteiger charge is 2.36. The summed E-state index contributed by atoms with van der Waals surface area (Å²) < 4.78 is 78.6. The van der Waals surface area contributed by atoms with Crippen molar-refractivity contribution < 1.29 is 36.0 Å². The van der Waals surface area contributed by atoms with Crippen molar-refractivity contribution in [3.05, 3.63) is 68.7 Å². The summed E-state index contributed by atoms with van der Waals surface area (Å²) in [6.45, 7) is 0. The van der Waals surface area contributed by atoms with Crippen LogP contribution in [0.25, 0.3) is 0 Å². The maximum Gasteiger partial charge on any atom is 0.416 e. The van der Waals surface area contributed by atoms with Crippen LogP contribution in [0.15, 0.2) is 41.6 Å². The summed E-state index contributed by atoms with van der Waals surface area (Å²) >= 11 is 12.0. The van der Waals surface area contributed by atoms with Crippen LogP contribution < -0.4 is 5.73 Å². The normalized spacial score (nSPS) is 13.6. The van der Waals surface area contributed by atoms with Gasteiger partial charge in [0.15, 0.2) is 0 Å². The van der Waals surface area contributed by atoms with Crippen molar-refractivity contribution in [2.24, 2.45) is 10.9 Å². The van der Waals surface area contributed by atoms with Crippen molar-refractivity contribution in [2.45, 2.75) is 44.0 Å². The molecule has 2 N–H and O–H groups in total. The van der Waals surface area contributed by atoms with Crippen molar-refractivity contribution >= 4 is 34.8 Å². The smallest absolute Gasteiger partial charge is 0.399 e. The Balaban J connectivity index is 2.30. The molecule has 0 heterocycles. The number of hydrogen-bond donors (Lipinski definition) is 1. The third-order valence-corrected chi connectivity index (χ3v) is 5.65. The second kappa shape index (κ2) is 11.3. The number of oxime groups is 1. The second-order valence-corrected chi connectivity index (χ2v) is 8.24. The molecule has 1 unspecified atom stereocenters. The van der Waals surface area contributed by atoms with Gasteiger partial charge >= 0.3 is 12.4 Å². The third kappa shape index (κ3) is 7.80. The van der Waals surface area contributed by atoms with Crippen molar-refractivity contribution in [1.82, 2.24) is 0 Å². The molecule has 0 aliphatic heterocycles. The van der Waals surface area contributed by atoms with Gasteiger partial charge in [-0.05, 0) is 60.7 Å². The molecule has 2 aromatic rings. The van der Waals surface area contributed by atoms with Crippen LogP contribution in [0.1, 0.15) is 47.4 Å². The summed E-state index contributed by atoms with van der Waals surface area (Å²) in [4.78, 5) is 16.5. The number of rotatable bonds is 9. The zero-order valence-electron chi connectivity index (χ0n) is 17.7. The fourth-order valence-electron chi connectivity index (χ4n) is 3.40. The topological polar surface area (TPSA) is 64.7 Å². The van der Waals surface area contributed by atoms with Crippen molar-refractivity contribution in [3.63, 3.8) is 0 Å². The maximum absolute atomic E-state index is 13.1. The summed E-state index contributed by atoms with van der Waals surface area (Å²) in [6.07, 6.45) is -9.93. The lowest BCUT2D eigenvalue weighted by Gasteiger charge is -2.19. The minimum atomic E-state index is -4.93. The van der Waals surface area contributed by atoms with Crippen LogP contribution in [0.2, 0.25) is 10.0 Å². The van der Waals surface area contributed by atoms with Crippen LogP contribution in [-0.4, -0.2) is 18.7 Å². The lowest BCUT2D eigenvalue weighted by molar-refractivity contribution is -0.143. The molecule has 0 aromatic heterocycles. The minimum absolute atomic E-state index is 0.0779. The second-order valence-electron chi connectivity index (χ2n) is 7.43. The zero-order chi connectivity index (χ0) is 25.7. The number of carbonyl (C=O) groups excluding carboxylic acids is 1. The molecule has 0 saturated heterocycles. The van der Waals surface area contributed by atoms with Gasteiger partial charge in [-0.15, -0.1) is 0 Å². The molecule has 12 heteroatoms. The molecule has 1 amide bonds. The molecule has 0 aliphatic carbocycles. The number of halogens is 8. The lowest BCUT2D eigenvalue weighted by Crippen LogP contribution is -2.22. The van der Waals surface area contributed by atoms with Gasteiger partial charge in [0.2, 0.25) is 5.91 Å². The molecule has 0 fully saturated rings. The average Bonchev–Trinajstić information content (AvgIpc) is 2.72. The predicted octanol–water partition coefficient (Wildman–Crippen LogP) is 7.02. The predicted molar refractivity (Wildman–Crippen MR) is 117 cm³/mol. The molecule has 0 spiro atoms. The van der Waals surface area contributed by atoms with E-state index in [0.29, 0.717) is 23.4 Å². The van der Waals surface area contributed by atoms with Gasteiger partial charge in [0.25, 0.3) is 0 Å². The third-order valence-electron chi connectivity index (χ3n) is 4.91. The van der Waals surface area contributed by atoms with E-state index in [1.54, 1.807) is 6.07 Å². The van der Waals surface area contributed by atoms with E-state index in [0.717, 1.165) is 0 Å². The molecule has 2 aromatic carbocycles. The lowest BCUT2D eigenvalue weighted by atomic mass is 9.87. The van der Waals surface area contributed by atoms with E-state index in [1.165, 1.54) is 19.2 Å². The first-order valence-electron chi connectivity index (χ1n) is 9.84. The van der Waals surface area contributed by atoms with Crippen LogP contribution in [0.4, 0.5) is 26.3 Å². The molecule has 1 atom stereocenters. The average molecular weight is 529 g/mol. The van der Waals surface area contributed by atoms with Crippen LogP contribution in [0.5, 0.6) is 0 Å². The van der Waals surface area contributed by atoms with Gasteiger partial charge in [-0.25, -0.2) is 0 Å².